The topological polar surface area (TPSA) is 52.7 Å². The number of amides is 2. The number of carbonyl (C=O) groups is 2. The quantitative estimate of drug-likeness (QED) is 0.741. The van der Waals surface area contributed by atoms with Crippen LogP contribution in [-0.2, 0) is 9.59 Å². The Morgan fingerprint density at radius 2 is 1.79 bits per heavy atom. The smallest absolute Gasteiger partial charge is 0.251 e. The van der Waals surface area contributed by atoms with Crippen LogP contribution in [0.2, 0.25) is 0 Å². The molecule has 1 aromatic carbocycles. The predicted molar refractivity (Wildman–Crippen MR) is 73.5 cm³/mol. The number of carbonyl (C=O) groups excluding carboxylic acids is 2. The lowest BCUT2D eigenvalue weighted by atomic mass is 10.00. The molecule has 19 heavy (non-hydrogen) atoms. The number of fused-ring (bicyclic) bond motifs is 3. The molecule has 1 atom stereocenters. The molecule has 1 fully saturated rings. The maximum Gasteiger partial charge on any atom is 0.251 e. The minimum absolute atomic E-state index is 0.0312. The highest BCUT2D eigenvalue weighted by atomic mass is 16.2. The molecule has 2 aliphatic rings. The van der Waals surface area contributed by atoms with Crippen LogP contribution in [-0.4, -0.2) is 38.0 Å². The average molecular weight is 259 g/mol. The lowest BCUT2D eigenvalue weighted by Gasteiger charge is -2.43. The molecule has 0 aliphatic carbocycles. The van der Waals surface area contributed by atoms with E-state index in [2.05, 4.69) is 5.32 Å². The van der Waals surface area contributed by atoms with Crippen LogP contribution in [0.15, 0.2) is 12.1 Å². The molecule has 2 amide bonds. The van der Waals surface area contributed by atoms with Crippen molar-refractivity contribution in [3.8, 4) is 0 Å². The van der Waals surface area contributed by atoms with E-state index in [0.29, 0.717) is 13.1 Å². The van der Waals surface area contributed by atoms with Gasteiger partial charge in [-0.1, -0.05) is 0 Å². The molecule has 1 unspecified atom stereocenters. The Balaban J connectivity index is 2.21. The third kappa shape index (κ3) is 1.65. The number of hydrogen-bond acceptors (Lipinski definition) is 3. The standard InChI is InChI=1S/C14H17N3O2/c1-8-4-10-11(5-9(8)2)17-12(14(19)16(10)3)6-15-7-13(17)18/h4-5,12,15H,6-7H2,1-3H3. The zero-order valence-corrected chi connectivity index (χ0v) is 11.4. The van der Waals surface area contributed by atoms with Crippen molar-refractivity contribution in [1.82, 2.24) is 5.32 Å². The maximum absolute atomic E-state index is 12.4. The van der Waals surface area contributed by atoms with E-state index < -0.39 is 6.04 Å². The van der Waals surface area contributed by atoms with Gasteiger partial charge in [-0.2, -0.15) is 0 Å². The van der Waals surface area contributed by atoms with Gasteiger partial charge in [-0.25, -0.2) is 0 Å². The summed E-state index contributed by atoms with van der Waals surface area (Å²) in [5.41, 5.74) is 3.92. The Hall–Kier alpha value is -1.88. The summed E-state index contributed by atoms with van der Waals surface area (Å²) in [5.74, 6) is -0.0708. The van der Waals surface area contributed by atoms with Gasteiger partial charge in [0.15, 0.2) is 0 Å². The van der Waals surface area contributed by atoms with Crippen molar-refractivity contribution in [3.05, 3.63) is 23.3 Å². The Morgan fingerprint density at radius 1 is 1.16 bits per heavy atom. The van der Waals surface area contributed by atoms with Crippen LogP contribution in [0, 0.1) is 13.8 Å². The summed E-state index contributed by atoms with van der Waals surface area (Å²) in [6.45, 7) is 4.84. The molecule has 3 rings (SSSR count). The molecule has 1 N–H and O–H groups in total. The van der Waals surface area contributed by atoms with Gasteiger partial charge in [0, 0.05) is 13.6 Å². The van der Waals surface area contributed by atoms with E-state index in [4.69, 9.17) is 0 Å². The number of benzene rings is 1. The summed E-state index contributed by atoms with van der Waals surface area (Å²) in [4.78, 5) is 27.8. The van der Waals surface area contributed by atoms with E-state index in [1.54, 1.807) is 16.8 Å². The van der Waals surface area contributed by atoms with Crippen LogP contribution in [0.5, 0.6) is 0 Å². The number of nitrogens with one attached hydrogen (secondary N) is 1. The SMILES string of the molecule is Cc1cc2c(cc1C)N1C(=O)CNCC1C(=O)N2C. The second-order valence-electron chi connectivity index (χ2n) is 5.23. The second-order valence-corrected chi connectivity index (χ2v) is 5.23. The van der Waals surface area contributed by atoms with Gasteiger partial charge >= 0.3 is 0 Å². The van der Waals surface area contributed by atoms with E-state index >= 15 is 0 Å². The van der Waals surface area contributed by atoms with Crippen LogP contribution >= 0.6 is 0 Å². The highest BCUT2D eigenvalue weighted by Crippen LogP contribution is 2.38. The zero-order chi connectivity index (χ0) is 13.7. The molecule has 0 spiro atoms. The summed E-state index contributed by atoms with van der Waals surface area (Å²) in [7, 11) is 1.77. The highest BCUT2D eigenvalue weighted by molar-refractivity contribution is 6.14. The molecule has 2 heterocycles. The molecule has 1 aromatic rings. The average Bonchev–Trinajstić information content (AvgIpc) is 2.38. The Bertz CT molecular complexity index is 582. The van der Waals surface area contributed by atoms with Crippen LogP contribution in [0.4, 0.5) is 11.4 Å². The minimum atomic E-state index is -0.416. The molecule has 1 saturated heterocycles. The fraction of sp³-hybridized carbons (Fsp3) is 0.429. The molecule has 0 saturated carbocycles. The molecular weight excluding hydrogens is 242 g/mol. The number of nitrogens with zero attached hydrogens (tertiary/aromatic N) is 2. The van der Waals surface area contributed by atoms with Crippen molar-refractivity contribution in [2.75, 3.05) is 29.9 Å². The lowest BCUT2D eigenvalue weighted by molar-refractivity contribution is -0.126. The van der Waals surface area contributed by atoms with Gasteiger partial charge in [0.05, 0.1) is 17.9 Å². The van der Waals surface area contributed by atoms with Gasteiger partial charge in [0.2, 0.25) is 5.91 Å². The summed E-state index contributed by atoms with van der Waals surface area (Å²) >= 11 is 0. The molecule has 2 aliphatic heterocycles. The van der Waals surface area contributed by atoms with Gasteiger partial charge in [0.25, 0.3) is 5.91 Å². The van der Waals surface area contributed by atoms with Crippen LogP contribution in [0.1, 0.15) is 11.1 Å². The summed E-state index contributed by atoms with van der Waals surface area (Å²) in [5, 5.41) is 3.00. The van der Waals surface area contributed by atoms with Crippen molar-refractivity contribution < 1.29 is 9.59 Å². The first kappa shape index (κ1) is 12.2. The van der Waals surface area contributed by atoms with Crippen molar-refractivity contribution in [1.29, 1.82) is 0 Å². The van der Waals surface area contributed by atoms with Crippen LogP contribution in [0.3, 0.4) is 0 Å². The fourth-order valence-electron chi connectivity index (χ4n) is 2.76. The highest BCUT2D eigenvalue weighted by Gasteiger charge is 2.41. The first-order valence-electron chi connectivity index (χ1n) is 6.42. The monoisotopic (exact) mass is 259 g/mol. The first-order chi connectivity index (χ1) is 9.00. The molecule has 5 heteroatoms. The van der Waals surface area contributed by atoms with Crippen molar-refractivity contribution in [2.45, 2.75) is 19.9 Å². The lowest BCUT2D eigenvalue weighted by Crippen LogP contribution is -2.63. The Morgan fingerprint density at radius 3 is 2.47 bits per heavy atom. The van der Waals surface area contributed by atoms with Gasteiger partial charge in [-0.05, 0) is 37.1 Å². The number of likely N-dealkylation sites (N-methyl/N-ethyl adjacent to an activating group) is 1. The molecule has 100 valence electrons. The van der Waals surface area contributed by atoms with Crippen molar-refractivity contribution >= 4 is 23.2 Å². The minimum Gasteiger partial charge on any atom is -0.312 e. The third-order valence-electron chi connectivity index (χ3n) is 4.02. The third-order valence-corrected chi connectivity index (χ3v) is 4.02. The summed E-state index contributed by atoms with van der Waals surface area (Å²) in [6, 6.07) is 3.57. The van der Waals surface area contributed by atoms with E-state index in [9.17, 15) is 9.59 Å². The van der Waals surface area contributed by atoms with Gasteiger partial charge in [-0.3, -0.25) is 14.5 Å². The molecule has 0 bridgehead atoms. The number of anilines is 2. The first-order valence-corrected chi connectivity index (χ1v) is 6.42. The van der Waals surface area contributed by atoms with E-state index in [1.165, 1.54) is 0 Å². The number of piperazine rings is 1. The number of rotatable bonds is 0. The normalized spacial score (nSPS) is 22.4. The molecule has 0 radical (unpaired) electrons. The van der Waals surface area contributed by atoms with Crippen LogP contribution in [0.25, 0.3) is 0 Å². The zero-order valence-electron chi connectivity index (χ0n) is 11.4. The largest absolute Gasteiger partial charge is 0.312 e. The summed E-state index contributed by atoms with van der Waals surface area (Å²) in [6.07, 6.45) is 0. The van der Waals surface area contributed by atoms with E-state index in [-0.39, 0.29) is 11.8 Å². The van der Waals surface area contributed by atoms with Crippen LogP contribution < -0.4 is 15.1 Å². The second kappa shape index (κ2) is 4.06. The molecular formula is C14H17N3O2. The van der Waals surface area contributed by atoms with Gasteiger partial charge < -0.3 is 10.2 Å². The fourth-order valence-corrected chi connectivity index (χ4v) is 2.76. The van der Waals surface area contributed by atoms with Gasteiger partial charge in [-0.15, -0.1) is 0 Å². The predicted octanol–water partition coefficient (Wildman–Crippen LogP) is 0.585. The van der Waals surface area contributed by atoms with Crippen molar-refractivity contribution in [2.24, 2.45) is 0 Å². The van der Waals surface area contributed by atoms with Crippen molar-refractivity contribution in [3.63, 3.8) is 0 Å². The molecule has 5 nitrogen and oxygen atoms in total. The Kier molecular flexibility index (Phi) is 2.60. The molecule has 0 aromatic heterocycles. The maximum atomic E-state index is 12.4. The van der Waals surface area contributed by atoms with E-state index in [1.807, 2.05) is 26.0 Å². The summed E-state index contributed by atoms with van der Waals surface area (Å²) < 4.78 is 0. The van der Waals surface area contributed by atoms with E-state index in [0.717, 1.165) is 22.5 Å². The Labute approximate surface area is 112 Å². The van der Waals surface area contributed by atoms with Gasteiger partial charge in [0.1, 0.15) is 6.04 Å². The number of aryl methyl sites for hydroxylation is 2. The number of hydrogen-bond donors (Lipinski definition) is 1.